The Morgan fingerprint density at radius 3 is 2.90 bits per heavy atom. The van der Waals surface area contributed by atoms with Gasteiger partial charge in [0.1, 0.15) is 11.5 Å². The summed E-state index contributed by atoms with van der Waals surface area (Å²) in [5.41, 5.74) is 3.78. The predicted molar refractivity (Wildman–Crippen MR) is 82.6 cm³/mol. The third-order valence-corrected chi connectivity index (χ3v) is 3.48. The highest BCUT2D eigenvalue weighted by molar-refractivity contribution is 5.67. The van der Waals surface area contributed by atoms with Gasteiger partial charge in [0, 0.05) is 30.5 Å². The van der Waals surface area contributed by atoms with Crippen LogP contribution in [0.5, 0.6) is 0 Å². The molecule has 0 aliphatic rings. The van der Waals surface area contributed by atoms with Crippen LogP contribution in [0, 0.1) is 5.82 Å². The van der Waals surface area contributed by atoms with E-state index in [4.69, 9.17) is 0 Å². The molecule has 0 aliphatic carbocycles. The van der Waals surface area contributed by atoms with Crippen LogP contribution in [0.15, 0.2) is 48.8 Å². The van der Waals surface area contributed by atoms with E-state index in [1.807, 2.05) is 34.9 Å². The highest BCUT2D eigenvalue weighted by atomic mass is 19.1. The number of hydrogen-bond donors (Lipinski definition) is 1. The van der Waals surface area contributed by atoms with Crippen LogP contribution in [0.2, 0.25) is 0 Å². The molecular formula is C17H18FN3. The van der Waals surface area contributed by atoms with Gasteiger partial charge in [0.05, 0.1) is 5.69 Å². The lowest BCUT2D eigenvalue weighted by Crippen LogP contribution is -2.22. The second-order valence-corrected chi connectivity index (χ2v) is 5.40. The summed E-state index contributed by atoms with van der Waals surface area (Å²) in [6.45, 7) is 4.90. The first-order valence-corrected chi connectivity index (χ1v) is 7.09. The number of aromatic nitrogens is 2. The highest BCUT2D eigenvalue weighted by Gasteiger charge is 2.10. The number of fused-ring (bicyclic) bond motifs is 1. The van der Waals surface area contributed by atoms with Gasteiger partial charge in [0.25, 0.3) is 0 Å². The van der Waals surface area contributed by atoms with E-state index in [9.17, 15) is 4.39 Å². The molecule has 2 heterocycles. The molecule has 4 heteroatoms. The predicted octanol–water partition coefficient (Wildman–Crippen LogP) is 3.64. The standard InChI is InChI=1S/C17H18FN3/c1-12(2)20-11-13-6-7-14(18)10-15(13)16-4-3-5-17-19-8-9-21(16)17/h3-10,12,20H,11H2,1-2H3. The minimum atomic E-state index is -0.226. The number of imidazole rings is 1. The molecule has 1 aromatic carbocycles. The average Bonchev–Trinajstić information content (AvgIpc) is 2.94. The first kappa shape index (κ1) is 13.8. The lowest BCUT2D eigenvalue weighted by Gasteiger charge is -2.14. The maximum Gasteiger partial charge on any atom is 0.137 e. The number of nitrogens with zero attached hydrogens (tertiary/aromatic N) is 2. The van der Waals surface area contributed by atoms with Crippen molar-refractivity contribution in [3.05, 3.63) is 60.2 Å². The SMILES string of the molecule is CC(C)NCc1ccc(F)cc1-c1cccc2nccn12. The van der Waals surface area contributed by atoms with Gasteiger partial charge in [-0.25, -0.2) is 9.37 Å². The minimum absolute atomic E-state index is 0.226. The number of halogens is 1. The van der Waals surface area contributed by atoms with Crippen molar-refractivity contribution in [2.45, 2.75) is 26.4 Å². The molecule has 3 rings (SSSR count). The van der Waals surface area contributed by atoms with E-state index in [0.717, 1.165) is 22.5 Å². The summed E-state index contributed by atoms with van der Waals surface area (Å²) in [5, 5.41) is 3.39. The Balaban J connectivity index is 2.12. The van der Waals surface area contributed by atoms with Gasteiger partial charge in [-0.15, -0.1) is 0 Å². The molecule has 3 nitrogen and oxygen atoms in total. The Hall–Kier alpha value is -2.20. The molecule has 0 saturated carbocycles. The summed E-state index contributed by atoms with van der Waals surface area (Å²) in [4.78, 5) is 4.28. The van der Waals surface area contributed by atoms with Gasteiger partial charge in [-0.1, -0.05) is 26.0 Å². The van der Waals surface area contributed by atoms with E-state index in [0.29, 0.717) is 12.6 Å². The molecule has 0 radical (unpaired) electrons. The van der Waals surface area contributed by atoms with E-state index < -0.39 is 0 Å². The molecule has 0 unspecified atom stereocenters. The Morgan fingerprint density at radius 1 is 1.24 bits per heavy atom. The molecule has 0 amide bonds. The first-order valence-electron chi connectivity index (χ1n) is 7.09. The smallest absolute Gasteiger partial charge is 0.137 e. The van der Waals surface area contributed by atoms with Gasteiger partial charge < -0.3 is 5.32 Å². The van der Waals surface area contributed by atoms with Crippen molar-refractivity contribution < 1.29 is 4.39 Å². The number of rotatable bonds is 4. The zero-order valence-corrected chi connectivity index (χ0v) is 12.2. The summed E-state index contributed by atoms with van der Waals surface area (Å²) >= 11 is 0. The van der Waals surface area contributed by atoms with Crippen LogP contribution in [0.1, 0.15) is 19.4 Å². The molecular weight excluding hydrogens is 265 g/mol. The Labute approximate surface area is 123 Å². The van der Waals surface area contributed by atoms with Crippen LogP contribution in [0.25, 0.3) is 16.9 Å². The quantitative estimate of drug-likeness (QED) is 0.792. The molecule has 108 valence electrons. The van der Waals surface area contributed by atoms with Crippen molar-refractivity contribution in [2.24, 2.45) is 0 Å². The van der Waals surface area contributed by atoms with Crippen LogP contribution in [0.4, 0.5) is 4.39 Å². The van der Waals surface area contributed by atoms with Crippen molar-refractivity contribution in [3.63, 3.8) is 0 Å². The molecule has 0 bridgehead atoms. The Kier molecular flexibility index (Phi) is 3.71. The molecule has 0 saturated heterocycles. The van der Waals surface area contributed by atoms with Crippen LogP contribution in [-0.4, -0.2) is 15.4 Å². The fourth-order valence-corrected chi connectivity index (χ4v) is 2.42. The summed E-state index contributed by atoms with van der Waals surface area (Å²) in [6.07, 6.45) is 3.65. The van der Waals surface area contributed by atoms with Crippen molar-refractivity contribution in [1.29, 1.82) is 0 Å². The lowest BCUT2D eigenvalue weighted by atomic mass is 10.0. The van der Waals surface area contributed by atoms with Crippen molar-refractivity contribution in [3.8, 4) is 11.3 Å². The minimum Gasteiger partial charge on any atom is -0.310 e. The highest BCUT2D eigenvalue weighted by Crippen LogP contribution is 2.25. The normalized spacial score (nSPS) is 11.4. The lowest BCUT2D eigenvalue weighted by molar-refractivity contribution is 0.587. The fourth-order valence-electron chi connectivity index (χ4n) is 2.42. The second-order valence-electron chi connectivity index (χ2n) is 5.40. The number of pyridine rings is 1. The maximum atomic E-state index is 13.7. The molecule has 21 heavy (non-hydrogen) atoms. The van der Waals surface area contributed by atoms with Gasteiger partial charge in [0.2, 0.25) is 0 Å². The fraction of sp³-hybridized carbons (Fsp3) is 0.235. The second kappa shape index (κ2) is 5.66. The average molecular weight is 283 g/mol. The number of benzene rings is 1. The monoisotopic (exact) mass is 283 g/mol. The summed E-state index contributed by atoms with van der Waals surface area (Å²) in [5.74, 6) is -0.226. The zero-order chi connectivity index (χ0) is 14.8. The van der Waals surface area contributed by atoms with Crippen LogP contribution >= 0.6 is 0 Å². The molecule has 0 atom stereocenters. The molecule has 2 aromatic heterocycles. The van der Waals surface area contributed by atoms with Crippen molar-refractivity contribution in [2.75, 3.05) is 0 Å². The largest absolute Gasteiger partial charge is 0.310 e. The summed E-state index contributed by atoms with van der Waals surface area (Å²) in [7, 11) is 0. The third-order valence-electron chi connectivity index (χ3n) is 3.48. The summed E-state index contributed by atoms with van der Waals surface area (Å²) < 4.78 is 15.7. The molecule has 3 aromatic rings. The summed E-state index contributed by atoms with van der Waals surface area (Å²) in [6, 6.07) is 11.2. The van der Waals surface area contributed by atoms with E-state index in [1.165, 1.54) is 6.07 Å². The number of hydrogen-bond acceptors (Lipinski definition) is 2. The first-order chi connectivity index (χ1) is 10.1. The van der Waals surface area contributed by atoms with Gasteiger partial charge in [-0.3, -0.25) is 4.40 Å². The molecule has 1 N–H and O–H groups in total. The Bertz CT molecular complexity index is 762. The van der Waals surface area contributed by atoms with Gasteiger partial charge in [-0.2, -0.15) is 0 Å². The third kappa shape index (κ3) is 2.81. The van der Waals surface area contributed by atoms with Crippen molar-refractivity contribution >= 4 is 5.65 Å². The van der Waals surface area contributed by atoms with Crippen LogP contribution < -0.4 is 5.32 Å². The van der Waals surface area contributed by atoms with Crippen LogP contribution in [-0.2, 0) is 6.54 Å². The van der Waals surface area contributed by atoms with Crippen LogP contribution in [0.3, 0.4) is 0 Å². The topological polar surface area (TPSA) is 29.3 Å². The molecule has 0 aliphatic heterocycles. The zero-order valence-electron chi connectivity index (χ0n) is 12.2. The van der Waals surface area contributed by atoms with Gasteiger partial charge in [0.15, 0.2) is 0 Å². The number of nitrogens with one attached hydrogen (secondary N) is 1. The van der Waals surface area contributed by atoms with E-state index in [1.54, 1.807) is 12.3 Å². The van der Waals surface area contributed by atoms with E-state index >= 15 is 0 Å². The van der Waals surface area contributed by atoms with Crippen molar-refractivity contribution in [1.82, 2.24) is 14.7 Å². The maximum absolute atomic E-state index is 13.7. The Morgan fingerprint density at radius 2 is 2.10 bits per heavy atom. The van der Waals surface area contributed by atoms with E-state index in [-0.39, 0.29) is 5.82 Å². The molecule has 0 spiro atoms. The van der Waals surface area contributed by atoms with Gasteiger partial charge >= 0.3 is 0 Å². The van der Waals surface area contributed by atoms with Gasteiger partial charge in [-0.05, 0) is 29.8 Å². The van der Waals surface area contributed by atoms with E-state index in [2.05, 4.69) is 24.1 Å². The molecule has 0 fully saturated rings.